The van der Waals surface area contributed by atoms with Crippen molar-refractivity contribution in [2.75, 3.05) is 6.61 Å². The minimum atomic E-state index is -0.654. The van der Waals surface area contributed by atoms with E-state index in [4.69, 9.17) is 14.4 Å². The van der Waals surface area contributed by atoms with Gasteiger partial charge in [0.25, 0.3) is 5.91 Å². The highest BCUT2D eigenvalue weighted by atomic mass is 16.5. The molecule has 0 spiro atoms. The lowest BCUT2D eigenvalue weighted by molar-refractivity contribution is -0.122. The second kappa shape index (κ2) is 7.50. The molecule has 2 aromatic rings. The van der Waals surface area contributed by atoms with Crippen LogP contribution in [0.4, 0.5) is 4.79 Å². The highest BCUT2D eigenvalue weighted by Crippen LogP contribution is 2.16. The van der Waals surface area contributed by atoms with E-state index in [2.05, 4.69) is 10.6 Å². The largest absolute Gasteiger partial charge is 0.482 e. The fourth-order valence-electron chi connectivity index (χ4n) is 1.62. The van der Waals surface area contributed by atoms with Crippen LogP contribution >= 0.6 is 0 Å². The number of nitrogens with one attached hydrogen (secondary N) is 2. The Labute approximate surface area is 126 Å². The van der Waals surface area contributed by atoms with Crippen LogP contribution in [0.1, 0.15) is 11.3 Å². The van der Waals surface area contributed by atoms with Crippen molar-refractivity contribution in [3.63, 3.8) is 0 Å². The van der Waals surface area contributed by atoms with Crippen molar-refractivity contribution in [2.24, 2.45) is 0 Å². The highest BCUT2D eigenvalue weighted by molar-refractivity contribution is 5.94. The number of rotatable bonds is 5. The van der Waals surface area contributed by atoms with Crippen molar-refractivity contribution in [3.8, 4) is 11.8 Å². The van der Waals surface area contributed by atoms with Crippen molar-refractivity contribution < 1.29 is 18.7 Å². The zero-order chi connectivity index (χ0) is 15.8. The third-order valence-corrected chi connectivity index (χ3v) is 2.62. The van der Waals surface area contributed by atoms with Gasteiger partial charge in [-0.25, -0.2) is 4.79 Å². The molecule has 0 saturated carbocycles. The maximum Gasteiger partial charge on any atom is 0.321 e. The molecule has 1 aromatic carbocycles. The summed E-state index contributed by atoms with van der Waals surface area (Å²) in [5.74, 6) is 0.239. The molecule has 0 aliphatic rings. The Morgan fingerprint density at radius 2 is 2.05 bits per heavy atom. The summed E-state index contributed by atoms with van der Waals surface area (Å²) in [7, 11) is 0. The van der Waals surface area contributed by atoms with Crippen molar-refractivity contribution >= 4 is 11.9 Å². The van der Waals surface area contributed by atoms with Crippen LogP contribution in [0.3, 0.4) is 0 Å². The molecule has 112 valence electrons. The second-order valence-corrected chi connectivity index (χ2v) is 4.21. The molecule has 0 unspecified atom stereocenters. The van der Waals surface area contributed by atoms with Crippen LogP contribution < -0.4 is 15.4 Å². The molecule has 0 atom stereocenters. The molecule has 1 heterocycles. The number of hydrogen-bond acceptors (Lipinski definition) is 5. The van der Waals surface area contributed by atoms with Gasteiger partial charge in [0.2, 0.25) is 0 Å². The number of para-hydroxylation sites is 1. The number of nitriles is 1. The molecule has 2 rings (SSSR count). The predicted molar refractivity (Wildman–Crippen MR) is 75.7 cm³/mol. The molecule has 2 N–H and O–H groups in total. The highest BCUT2D eigenvalue weighted by Gasteiger charge is 2.10. The molecule has 0 radical (unpaired) electrons. The third-order valence-electron chi connectivity index (χ3n) is 2.62. The zero-order valence-corrected chi connectivity index (χ0v) is 11.5. The van der Waals surface area contributed by atoms with E-state index in [1.165, 1.54) is 6.26 Å². The lowest BCUT2D eigenvalue weighted by Crippen LogP contribution is -2.41. The van der Waals surface area contributed by atoms with E-state index in [9.17, 15) is 9.59 Å². The van der Waals surface area contributed by atoms with Gasteiger partial charge >= 0.3 is 6.03 Å². The average molecular weight is 299 g/mol. The normalized spacial score (nSPS) is 9.59. The molecule has 0 aliphatic carbocycles. The van der Waals surface area contributed by atoms with E-state index < -0.39 is 11.9 Å². The first-order valence-electron chi connectivity index (χ1n) is 6.41. The molecular formula is C15H13N3O4. The second-order valence-electron chi connectivity index (χ2n) is 4.21. The van der Waals surface area contributed by atoms with Gasteiger partial charge in [-0.1, -0.05) is 12.1 Å². The number of imide groups is 1. The van der Waals surface area contributed by atoms with Gasteiger partial charge < -0.3 is 14.5 Å². The number of benzene rings is 1. The first-order chi connectivity index (χ1) is 10.7. The lowest BCUT2D eigenvalue weighted by atomic mass is 10.2. The zero-order valence-electron chi connectivity index (χ0n) is 11.5. The SMILES string of the molecule is N#Cc1ccccc1OCC(=O)NC(=O)NCc1ccco1. The van der Waals surface area contributed by atoms with Gasteiger partial charge in [-0.2, -0.15) is 5.26 Å². The van der Waals surface area contributed by atoms with Gasteiger partial charge in [-0.3, -0.25) is 10.1 Å². The maximum atomic E-state index is 11.6. The summed E-state index contributed by atoms with van der Waals surface area (Å²) in [6.07, 6.45) is 1.49. The summed E-state index contributed by atoms with van der Waals surface area (Å²) in [6.45, 7) is -0.197. The fraction of sp³-hybridized carbons (Fsp3) is 0.133. The molecule has 22 heavy (non-hydrogen) atoms. The molecule has 7 nitrogen and oxygen atoms in total. The minimum Gasteiger partial charge on any atom is -0.482 e. The van der Waals surface area contributed by atoms with Crippen LogP contribution in [0.2, 0.25) is 0 Å². The van der Waals surface area contributed by atoms with Crippen molar-refractivity contribution in [1.82, 2.24) is 10.6 Å². The number of nitrogens with zero attached hydrogens (tertiary/aromatic N) is 1. The van der Waals surface area contributed by atoms with Crippen LogP contribution in [-0.4, -0.2) is 18.5 Å². The average Bonchev–Trinajstić information content (AvgIpc) is 3.04. The van der Waals surface area contributed by atoms with Gasteiger partial charge in [-0.15, -0.1) is 0 Å². The van der Waals surface area contributed by atoms with Crippen molar-refractivity contribution in [3.05, 3.63) is 54.0 Å². The number of furan rings is 1. The van der Waals surface area contributed by atoms with Crippen LogP contribution in [0.15, 0.2) is 47.1 Å². The quantitative estimate of drug-likeness (QED) is 0.871. The Hall–Kier alpha value is -3.27. The van der Waals surface area contributed by atoms with Crippen LogP contribution in [-0.2, 0) is 11.3 Å². The number of ether oxygens (including phenoxy) is 1. The molecule has 0 saturated heterocycles. The van der Waals surface area contributed by atoms with Gasteiger partial charge in [0.05, 0.1) is 18.4 Å². The summed E-state index contributed by atoms with van der Waals surface area (Å²) in [5.41, 5.74) is 0.317. The number of amides is 3. The van der Waals surface area contributed by atoms with Crippen LogP contribution in [0, 0.1) is 11.3 Å². The molecule has 0 fully saturated rings. The summed E-state index contributed by atoms with van der Waals surface area (Å²) < 4.78 is 10.2. The first kappa shape index (κ1) is 15.1. The van der Waals surface area contributed by atoms with E-state index in [0.29, 0.717) is 11.3 Å². The minimum absolute atomic E-state index is 0.171. The summed E-state index contributed by atoms with van der Waals surface area (Å²) in [4.78, 5) is 23.1. The Balaban J connectivity index is 1.75. The van der Waals surface area contributed by atoms with Crippen LogP contribution in [0.25, 0.3) is 0 Å². The van der Waals surface area contributed by atoms with Crippen LogP contribution in [0.5, 0.6) is 5.75 Å². The lowest BCUT2D eigenvalue weighted by Gasteiger charge is -2.08. The Morgan fingerprint density at radius 1 is 1.23 bits per heavy atom. The molecule has 0 aliphatic heterocycles. The molecule has 7 heteroatoms. The monoisotopic (exact) mass is 299 g/mol. The standard InChI is InChI=1S/C15H13N3O4/c16-8-11-4-1-2-6-13(11)22-10-14(19)18-15(20)17-9-12-5-3-7-21-12/h1-7H,9-10H2,(H2,17,18,19,20). The Kier molecular flexibility index (Phi) is 5.15. The molecule has 0 bridgehead atoms. The number of carbonyl (C=O) groups is 2. The van der Waals surface area contributed by atoms with E-state index >= 15 is 0 Å². The fourth-order valence-corrected chi connectivity index (χ4v) is 1.62. The Bertz CT molecular complexity index is 689. The van der Waals surface area contributed by atoms with Gasteiger partial charge in [-0.05, 0) is 24.3 Å². The van der Waals surface area contributed by atoms with E-state index in [1.54, 1.807) is 36.4 Å². The van der Waals surface area contributed by atoms with E-state index in [1.807, 2.05) is 6.07 Å². The number of urea groups is 1. The predicted octanol–water partition coefficient (Wildman–Crippen LogP) is 1.56. The van der Waals surface area contributed by atoms with Crippen molar-refractivity contribution in [2.45, 2.75) is 6.54 Å². The van der Waals surface area contributed by atoms with Crippen molar-refractivity contribution in [1.29, 1.82) is 5.26 Å². The van der Waals surface area contributed by atoms with Gasteiger partial charge in [0, 0.05) is 0 Å². The molecule has 1 aromatic heterocycles. The smallest absolute Gasteiger partial charge is 0.321 e. The van der Waals surface area contributed by atoms with Gasteiger partial charge in [0.1, 0.15) is 17.6 Å². The summed E-state index contributed by atoms with van der Waals surface area (Å²) in [6, 6.07) is 11.2. The molecular weight excluding hydrogens is 286 g/mol. The maximum absolute atomic E-state index is 11.6. The number of carbonyl (C=O) groups excluding carboxylic acids is 2. The number of hydrogen-bond donors (Lipinski definition) is 2. The van der Waals surface area contributed by atoms with Gasteiger partial charge in [0.15, 0.2) is 6.61 Å². The topological polar surface area (TPSA) is 104 Å². The first-order valence-corrected chi connectivity index (χ1v) is 6.41. The Morgan fingerprint density at radius 3 is 2.77 bits per heavy atom. The summed E-state index contributed by atoms with van der Waals surface area (Å²) >= 11 is 0. The summed E-state index contributed by atoms with van der Waals surface area (Å²) in [5, 5.41) is 13.5. The van der Waals surface area contributed by atoms with E-state index in [0.717, 1.165) is 0 Å². The third kappa shape index (κ3) is 4.38. The van der Waals surface area contributed by atoms with E-state index in [-0.39, 0.29) is 18.9 Å². The molecule has 3 amide bonds.